The van der Waals surface area contributed by atoms with E-state index in [2.05, 4.69) is 20.1 Å². The monoisotopic (exact) mass is 400 g/mol. The van der Waals surface area contributed by atoms with Crippen molar-refractivity contribution >= 4 is 17.6 Å². The van der Waals surface area contributed by atoms with E-state index in [-0.39, 0.29) is 11.3 Å². The number of hydrogen-bond donors (Lipinski definition) is 1. The van der Waals surface area contributed by atoms with Crippen LogP contribution in [0.5, 0.6) is 5.75 Å². The van der Waals surface area contributed by atoms with E-state index in [0.29, 0.717) is 0 Å². The lowest BCUT2D eigenvalue weighted by Crippen LogP contribution is -2.41. The van der Waals surface area contributed by atoms with Crippen molar-refractivity contribution in [1.82, 2.24) is 5.32 Å². The third-order valence-corrected chi connectivity index (χ3v) is 3.37. The van der Waals surface area contributed by atoms with Crippen LogP contribution in [-0.4, -0.2) is 17.9 Å². The average Bonchev–Trinajstić information content (AvgIpc) is 2.68. The number of rotatable bonds is 5. The maximum atomic E-state index is 13.6. The summed E-state index contributed by atoms with van der Waals surface area (Å²) >= 11 is 0. The smallest absolute Gasteiger partial charge is 0.333 e. The summed E-state index contributed by atoms with van der Waals surface area (Å²) in [7, 11) is 0. The molecule has 0 radical (unpaired) electrons. The minimum Gasteiger partial charge on any atom is -0.418 e. The van der Waals surface area contributed by atoms with Gasteiger partial charge < -0.3 is 10.1 Å². The Bertz CT molecular complexity index is 979. The molecule has 0 heterocycles. The van der Waals surface area contributed by atoms with Crippen molar-refractivity contribution in [1.29, 1.82) is 0 Å². The van der Waals surface area contributed by atoms with Gasteiger partial charge in [0.2, 0.25) is 34.8 Å². The second kappa shape index (κ2) is 8.35. The molecular formula is C16H9F5N4O3. The summed E-state index contributed by atoms with van der Waals surface area (Å²) < 4.78 is 70.6. The lowest BCUT2D eigenvalue weighted by atomic mass is 10.1. The molecular weight excluding hydrogens is 391 g/mol. The van der Waals surface area contributed by atoms with Gasteiger partial charge in [0.05, 0.1) is 5.69 Å². The van der Waals surface area contributed by atoms with Crippen molar-refractivity contribution in [3.8, 4) is 5.75 Å². The Labute approximate surface area is 153 Å². The standard InChI is InChI=1S/C16H9F5N4O3/c1-6(23-15(26)7-4-2-3-5-8(7)24-25-22)16(27)28-14-12(20)10(18)9(17)11(19)13(14)21/h2-6H,1H3,(H,23,26). The van der Waals surface area contributed by atoms with Crippen molar-refractivity contribution in [3.05, 3.63) is 69.4 Å². The highest BCUT2D eigenvalue weighted by Crippen LogP contribution is 2.29. The Balaban J connectivity index is 2.21. The van der Waals surface area contributed by atoms with Crippen LogP contribution in [-0.2, 0) is 4.79 Å². The number of ether oxygens (including phenoxy) is 1. The van der Waals surface area contributed by atoms with Gasteiger partial charge in [-0.3, -0.25) is 4.79 Å². The molecule has 0 bridgehead atoms. The van der Waals surface area contributed by atoms with E-state index in [4.69, 9.17) is 5.53 Å². The zero-order valence-electron chi connectivity index (χ0n) is 13.8. The molecule has 0 saturated carbocycles. The third kappa shape index (κ3) is 4.01. The Hall–Kier alpha value is -3.66. The van der Waals surface area contributed by atoms with E-state index in [1.165, 1.54) is 24.3 Å². The first-order valence-corrected chi connectivity index (χ1v) is 7.37. The number of nitrogens with zero attached hydrogens (tertiary/aromatic N) is 3. The summed E-state index contributed by atoms with van der Waals surface area (Å²) in [5.41, 5.74) is 8.27. The van der Waals surface area contributed by atoms with Crippen LogP contribution in [0.2, 0.25) is 0 Å². The minimum absolute atomic E-state index is 0.0668. The second-order valence-corrected chi connectivity index (χ2v) is 5.22. The highest BCUT2D eigenvalue weighted by Gasteiger charge is 2.30. The van der Waals surface area contributed by atoms with Gasteiger partial charge in [-0.15, -0.1) is 0 Å². The fourth-order valence-electron chi connectivity index (χ4n) is 2.00. The molecule has 0 aliphatic rings. The lowest BCUT2D eigenvalue weighted by molar-refractivity contribution is -0.136. The molecule has 0 aromatic heterocycles. The fourth-order valence-corrected chi connectivity index (χ4v) is 2.00. The van der Waals surface area contributed by atoms with Crippen LogP contribution in [0.4, 0.5) is 27.6 Å². The molecule has 2 aromatic rings. The van der Waals surface area contributed by atoms with E-state index in [1.54, 1.807) is 0 Å². The van der Waals surface area contributed by atoms with E-state index in [1.807, 2.05) is 0 Å². The van der Waals surface area contributed by atoms with Crippen molar-refractivity contribution in [2.45, 2.75) is 13.0 Å². The predicted octanol–water partition coefficient (Wildman–Crippen LogP) is 4.05. The molecule has 0 aliphatic heterocycles. The van der Waals surface area contributed by atoms with Gasteiger partial charge in [0.1, 0.15) is 6.04 Å². The normalized spacial score (nSPS) is 11.4. The summed E-state index contributed by atoms with van der Waals surface area (Å²) in [6, 6.07) is 3.93. The van der Waals surface area contributed by atoms with Crippen LogP contribution in [0, 0.1) is 29.1 Å². The largest absolute Gasteiger partial charge is 0.418 e. The topological polar surface area (TPSA) is 104 Å². The number of azide groups is 1. The van der Waals surface area contributed by atoms with Gasteiger partial charge in [-0.25, -0.2) is 18.0 Å². The average molecular weight is 400 g/mol. The molecule has 2 rings (SSSR count). The number of amides is 1. The molecule has 7 nitrogen and oxygen atoms in total. The summed E-state index contributed by atoms with van der Waals surface area (Å²) in [6.07, 6.45) is 0. The molecule has 146 valence electrons. The second-order valence-electron chi connectivity index (χ2n) is 5.22. The van der Waals surface area contributed by atoms with Gasteiger partial charge in [-0.05, 0) is 18.5 Å². The van der Waals surface area contributed by atoms with Gasteiger partial charge in [0.25, 0.3) is 5.91 Å². The van der Waals surface area contributed by atoms with Gasteiger partial charge in [0.15, 0.2) is 0 Å². The summed E-state index contributed by atoms with van der Waals surface area (Å²) in [5, 5.41) is 5.38. The van der Waals surface area contributed by atoms with E-state index in [0.717, 1.165) is 6.92 Å². The van der Waals surface area contributed by atoms with Gasteiger partial charge >= 0.3 is 5.97 Å². The molecule has 2 aromatic carbocycles. The molecule has 28 heavy (non-hydrogen) atoms. The van der Waals surface area contributed by atoms with Gasteiger partial charge in [-0.2, -0.15) is 8.78 Å². The maximum Gasteiger partial charge on any atom is 0.333 e. The quantitative estimate of drug-likeness (QED) is 0.120. The molecule has 1 atom stereocenters. The first kappa shape index (κ1) is 20.6. The highest BCUT2D eigenvalue weighted by molar-refractivity contribution is 6.00. The SMILES string of the molecule is CC(NC(=O)c1ccccc1N=[N+]=[N-])C(=O)Oc1c(F)c(F)c(F)c(F)c1F. The van der Waals surface area contributed by atoms with E-state index < -0.39 is 52.8 Å². The van der Waals surface area contributed by atoms with Gasteiger partial charge in [0, 0.05) is 10.5 Å². The molecule has 0 fully saturated rings. The number of halogens is 5. The van der Waals surface area contributed by atoms with Crippen LogP contribution in [0.3, 0.4) is 0 Å². The van der Waals surface area contributed by atoms with Crippen LogP contribution in [0.25, 0.3) is 10.4 Å². The molecule has 1 N–H and O–H groups in total. The number of carbonyl (C=O) groups excluding carboxylic acids is 2. The first-order valence-electron chi connectivity index (χ1n) is 7.37. The molecule has 0 aliphatic carbocycles. The number of nitrogens with one attached hydrogen (secondary N) is 1. The molecule has 1 unspecified atom stereocenters. The highest BCUT2D eigenvalue weighted by atomic mass is 19.2. The molecule has 0 saturated heterocycles. The Morgan fingerprint density at radius 3 is 2.14 bits per heavy atom. The van der Waals surface area contributed by atoms with Crippen LogP contribution >= 0.6 is 0 Å². The first-order chi connectivity index (χ1) is 13.2. The number of benzene rings is 2. The zero-order valence-corrected chi connectivity index (χ0v) is 13.8. The van der Waals surface area contributed by atoms with E-state index >= 15 is 0 Å². The molecule has 12 heteroatoms. The van der Waals surface area contributed by atoms with Crippen LogP contribution in [0.1, 0.15) is 17.3 Å². The third-order valence-electron chi connectivity index (χ3n) is 3.37. The lowest BCUT2D eigenvalue weighted by Gasteiger charge is -2.15. The van der Waals surface area contributed by atoms with Gasteiger partial charge in [-0.1, -0.05) is 23.3 Å². The summed E-state index contributed by atoms with van der Waals surface area (Å²) in [5.74, 6) is -15.9. The van der Waals surface area contributed by atoms with Crippen LogP contribution < -0.4 is 10.1 Å². The number of esters is 1. The summed E-state index contributed by atoms with van der Waals surface area (Å²) in [4.78, 5) is 26.6. The van der Waals surface area contributed by atoms with Crippen molar-refractivity contribution < 1.29 is 36.3 Å². The van der Waals surface area contributed by atoms with Crippen molar-refractivity contribution in [2.75, 3.05) is 0 Å². The molecule has 0 spiro atoms. The van der Waals surface area contributed by atoms with Crippen molar-refractivity contribution in [2.24, 2.45) is 5.11 Å². The predicted molar refractivity (Wildman–Crippen MR) is 84.0 cm³/mol. The Morgan fingerprint density at radius 1 is 1.04 bits per heavy atom. The van der Waals surface area contributed by atoms with Crippen molar-refractivity contribution in [3.63, 3.8) is 0 Å². The minimum atomic E-state index is -2.41. The Morgan fingerprint density at radius 2 is 1.57 bits per heavy atom. The number of carbonyl (C=O) groups is 2. The maximum absolute atomic E-state index is 13.6. The molecule has 1 amide bonds. The zero-order chi connectivity index (χ0) is 21.0. The van der Waals surface area contributed by atoms with E-state index in [9.17, 15) is 31.5 Å². The Kier molecular flexibility index (Phi) is 6.16. The fraction of sp³-hybridized carbons (Fsp3) is 0.125. The van der Waals surface area contributed by atoms with Crippen LogP contribution in [0.15, 0.2) is 29.4 Å². The number of hydrogen-bond acceptors (Lipinski definition) is 4. The summed E-state index contributed by atoms with van der Waals surface area (Å²) in [6.45, 7) is 1.04.